The monoisotopic (exact) mass is 264 g/mol. The van der Waals surface area contributed by atoms with E-state index in [-0.39, 0.29) is 11.5 Å². The van der Waals surface area contributed by atoms with Gasteiger partial charge in [0, 0.05) is 0 Å². The maximum absolute atomic E-state index is 9.94. The van der Waals surface area contributed by atoms with E-state index in [1.165, 1.54) is 6.07 Å². The first-order chi connectivity index (χ1) is 9.74. The Kier molecular flexibility index (Phi) is 3.05. The Morgan fingerprint density at radius 2 is 1.20 bits per heavy atom. The highest BCUT2D eigenvalue weighted by atomic mass is 16.3. The number of nitrogens with zero attached hydrogens (tertiary/aromatic N) is 2. The highest BCUT2D eigenvalue weighted by Gasteiger charge is 2.03. The molecule has 0 aromatic heterocycles. The smallest absolute Gasteiger partial charge is 0.143 e. The van der Waals surface area contributed by atoms with Crippen molar-refractivity contribution in [3.05, 3.63) is 60.7 Å². The number of fused-ring (bicyclic) bond motifs is 1. The molecule has 0 fully saturated rings. The third-order valence-electron chi connectivity index (χ3n) is 2.99. The van der Waals surface area contributed by atoms with Crippen molar-refractivity contribution in [3.8, 4) is 11.5 Å². The van der Waals surface area contributed by atoms with Crippen LogP contribution in [0.4, 0.5) is 11.4 Å². The minimum Gasteiger partial charge on any atom is -0.506 e. The van der Waals surface area contributed by atoms with Crippen LogP contribution in [0, 0.1) is 0 Å². The Hall–Kier alpha value is -2.88. The molecule has 2 N–H and O–H groups in total. The topological polar surface area (TPSA) is 65.2 Å². The van der Waals surface area contributed by atoms with Crippen molar-refractivity contribution < 1.29 is 10.2 Å². The van der Waals surface area contributed by atoms with Crippen LogP contribution in [0.3, 0.4) is 0 Å². The van der Waals surface area contributed by atoms with Crippen molar-refractivity contribution in [1.82, 2.24) is 0 Å². The Balaban J connectivity index is 2.02. The van der Waals surface area contributed by atoms with Gasteiger partial charge in [-0.15, -0.1) is 10.2 Å². The zero-order valence-corrected chi connectivity index (χ0v) is 10.6. The highest BCUT2D eigenvalue weighted by molar-refractivity contribution is 5.87. The fourth-order valence-electron chi connectivity index (χ4n) is 1.95. The van der Waals surface area contributed by atoms with Crippen molar-refractivity contribution in [2.45, 2.75) is 0 Å². The van der Waals surface area contributed by atoms with Crippen molar-refractivity contribution in [2.75, 3.05) is 0 Å². The third kappa shape index (κ3) is 2.31. The molecule has 0 bridgehead atoms. The SMILES string of the molecule is Oc1ccccc1N=Nc1cc2ccccc2cc1O. The largest absolute Gasteiger partial charge is 0.506 e. The molecule has 4 nitrogen and oxygen atoms in total. The fraction of sp³-hybridized carbons (Fsp3) is 0. The van der Waals surface area contributed by atoms with Gasteiger partial charge >= 0.3 is 0 Å². The van der Waals surface area contributed by atoms with Gasteiger partial charge in [-0.25, -0.2) is 0 Å². The quantitative estimate of drug-likeness (QED) is 0.661. The lowest BCUT2D eigenvalue weighted by atomic mass is 10.1. The second-order valence-corrected chi connectivity index (χ2v) is 4.38. The van der Waals surface area contributed by atoms with Crippen LogP contribution in [0.2, 0.25) is 0 Å². The van der Waals surface area contributed by atoms with Gasteiger partial charge in [0.05, 0.1) is 0 Å². The van der Waals surface area contributed by atoms with Gasteiger partial charge in [0.25, 0.3) is 0 Å². The molecule has 20 heavy (non-hydrogen) atoms. The molecular formula is C16H12N2O2. The second kappa shape index (κ2) is 5.01. The maximum atomic E-state index is 9.94. The van der Waals surface area contributed by atoms with E-state index in [9.17, 15) is 10.2 Å². The van der Waals surface area contributed by atoms with E-state index >= 15 is 0 Å². The van der Waals surface area contributed by atoms with Crippen LogP contribution >= 0.6 is 0 Å². The summed E-state index contributed by atoms with van der Waals surface area (Å²) in [4.78, 5) is 0. The zero-order valence-electron chi connectivity index (χ0n) is 10.6. The standard InChI is InChI=1S/C16H12N2O2/c19-15-8-4-3-7-13(15)17-18-14-9-11-5-1-2-6-12(11)10-16(14)20/h1-10,19-20H. The second-order valence-electron chi connectivity index (χ2n) is 4.38. The van der Waals surface area contributed by atoms with Crippen LogP contribution < -0.4 is 0 Å². The molecular weight excluding hydrogens is 252 g/mol. The van der Waals surface area contributed by atoms with Gasteiger partial charge in [-0.05, 0) is 35.0 Å². The first-order valence-corrected chi connectivity index (χ1v) is 6.15. The molecule has 0 radical (unpaired) electrons. The van der Waals surface area contributed by atoms with E-state index in [0.717, 1.165) is 10.8 Å². The summed E-state index contributed by atoms with van der Waals surface area (Å²) >= 11 is 0. The average molecular weight is 264 g/mol. The molecule has 4 heteroatoms. The minimum absolute atomic E-state index is 0.0523. The van der Waals surface area contributed by atoms with Crippen LogP contribution in [0.1, 0.15) is 0 Å². The Morgan fingerprint density at radius 1 is 0.600 bits per heavy atom. The predicted molar refractivity (Wildman–Crippen MR) is 77.9 cm³/mol. The summed E-state index contributed by atoms with van der Waals surface area (Å²) in [6.45, 7) is 0. The summed E-state index contributed by atoms with van der Waals surface area (Å²) in [5, 5.41) is 29.4. The molecule has 3 aromatic rings. The third-order valence-corrected chi connectivity index (χ3v) is 2.99. The van der Waals surface area contributed by atoms with E-state index < -0.39 is 0 Å². The van der Waals surface area contributed by atoms with E-state index in [0.29, 0.717) is 11.4 Å². The fourth-order valence-corrected chi connectivity index (χ4v) is 1.95. The molecule has 3 aromatic carbocycles. The Bertz CT molecular complexity index is 797. The van der Waals surface area contributed by atoms with Gasteiger partial charge in [0.2, 0.25) is 0 Å². The van der Waals surface area contributed by atoms with Gasteiger partial charge in [0.1, 0.15) is 22.9 Å². The van der Waals surface area contributed by atoms with Crippen molar-refractivity contribution in [1.29, 1.82) is 0 Å². The number of rotatable bonds is 2. The van der Waals surface area contributed by atoms with Gasteiger partial charge in [-0.1, -0.05) is 36.4 Å². The number of benzene rings is 3. The number of phenols is 2. The normalized spacial score (nSPS) is 11.2. The molecule has 3 rings (SSSR count). The number of azo groups is 1. The molecule has 0 saturated carbocycles. The van der Waals surface area contributed by atoms with Gasteiger partial charge in [-0.3, -0.25) is 0 Å². The number of hydrogen-bond donors (Lipinski definition) is 2. The van der Waals surface area contributed by atoms with Gasteiger partial charge in [0.15, 0.2) is 0 Å². The van der Waals surface area contributed by atoms with E-state index in [1.807, 2.05) is 24.3 Å². The van der Waals surface area contributed by atoms with Crippen LogP contribution in [-0.2, 0) is 0 Å². The minimum atomic E-state index is 0.0523. The molecule has 0 saturated heterocycles. The molecule has 0 amide bonds. The van der Waals surface area contributed by atoms with Crippen LogP contribution in [0.15, 0.2) is 70.9 Å². The Morgan fingerprint density at radius 3 is 1.95 bits per heavy atom. The summed E-state index contributed by atoms with van der Waals surface area (Å²) in [5.74, 6) is 0.111. The summed E-state index contributed by atoms with van der Waals surface area (Å²) in [6, 6.07) is 17.7. The summed E-state index contributed by atoms with van der Waals surface area (Å²) in [6.07, 6.45) is 0. The first-order valence-electron chi connectivity index (χ1n) is 6.15. The highest BCUT2D eigenvalue weighted by Crippen LogP contribution is 2.34. The molecule has 98 valence electrons. The van der Waals surface area contributed by atoms with Crippen molar-refractivity contribution >= 4 is 22.1 Å². The molecule has 0 spiro atoms. The van der Waals surface area contributed by atoms with Crippen LogP contribution in [0.5, 0.6) is 11.5 Å². The number of para-hydroxylation sites is 1. The lowest BCUT2D eigenvalue weighted by Gasteiger charge is -2.02. The van der Waals surface area contributed by atoms with E-state index in [2.05, 4.69) is 10.2 Å². The maximum Gasteiger partial charge on any atom is 0.143 e. The van der Waals surface area contributed by atoms with Gasteiger partial charge < -0.3 is 10.2 Å². The zero-order chi connectivity index (χ0) is 13.9. The number of aromatic hydroxyl groups is 2. The van der Waals surface area contributed by atoms with Crippen LogP contribution in [-0.4, -0.2) is 10.2 Å². The number of hydrogen-bond acceptors (Lipinski definition) is 4. The van der Waals surface area contributed by atoms with E-state index in [1.54, 1.807) is 30.3 Å². The lowest BCUT2D eigenvalue weighted by Crippen LogP contribution is -1.73. The summed E-state index contributed by atoms with van der Waals surface area (Å²) in [5.41, 5.74) is 0.729. The molecule has 0 heterocycles. The Labute approximate surface area is 115 Å². The molecule has 0 aliphatic rings. The average Bonchev–Trinajstić information content (AvgIpc) is 2.46. The molecule has 0 aliphatic heterocycles. The molecule has 0 atom stereocenters. The molecule has 0 aliphatic carbocycles. The van der Waals surface area contributed by atoms with Crippen molar-refractivity contribution in [3.63, 3.8) is 0 Å². The summed E-state index contributed by atoms with van der Waals surface area (Å²) < 4.78 is 0. The van der Waals surface area contributed by atoms with Crippen LogP contribution in [0.25, 0.3) is 10.8 Å². The summed E-state index contributed by atoms with van der Waals surface area (Å²) in [7, 11) is 0. The number of phenolic OH excluding ortho intramolecular Hbond substituents is 2. The molecule has 0 unspecified atom stereocenters. The first kappa shape index (κ1) is 12.2. The van der Waals surface area contributed by atoms with Gasteiger partial charge in [-0.2, -0.15) is 0 Å². The lowest BCUT2D eigenvalue weighted by molar-refractivity contribution is 0.474. The van der Waals surface area contributed by atoms with Crippen molar-refractivity contribution in [2.24, 2.45) is 10.2 Å². The predicted octanol–water partition coefficient (Wildman–Crippen LogP) is 4.67. The van der Waals surface area contributed by atoms with E-state index in [4.69, 9.17) is 0 Å².